The molecule has 2 aromatic rings. The zero-order valence-electron chi connectivity index (χ0n) is 19.6. The van der Waals surface area contributed by atoms with Crippen LogP contribution in [0, 0.1) is 11.3 Å². The summed E-state index contributed by atoms with van der Waals surface area (Å²) >= 11 is 0. The number of carbonyl (C=O) groups is 1. The molecule has 31 heavy (non-hydrogen) atoms. The molecule has 0 saturated heterocycles. The molecule has 0 amide bonds. The van der Waals surface area contributed by atoms with Gasteiger partial charge in [0.15, 0.2) is 6.29 Å². The topological polar surface area (TPSA) is 101 Å². The van der Waals surface area contributed by atoms with Crippen LogP contribution in [0.4, 0.5) is 0 Å². The van der Waals surface area contributed by atoms with Crippen molar-refractivity contribution >= 4 is 6.29 Å². The summed E-state index contributed by atoms with van der Waals surface area (Å²) in [7, 11) is 6.26. The van der Waals surface area contributed by atoms with Gasteiger partial charge in [-0.2, -0.15) is 5.26 Å². The number of carbonyl (C=O) groups excluding carboxylic acids is 1. The van der Waals surface area contributed by atoms with Crippen LogP contribution in [0.5, 0.6) is 23.0 Å². The zero-order valence-corrected chi connectivity index (χ0v) is 22.8. The second-order valence-corrected chi connectivity index (χ2v) is 6.85. The summed E-state index contributed by atoms with van der Waals surface area (Å²) in [4.78, 5) is 10.5. The molecule has 0 fully saturated rings. The minimum atomic E-state index is -0.750. The normalized spacial score (nSPS) is 9.26. The van der Waals surface area contributed by atoms with E-state index in [1.54, 1.807) is 66.4 Å². The van der Waals surface area contributed by atoms with Crippen molar-refractivity contribution in [1.29, 1.82) is 5.26 Å². The Labute approximate surface area is 227 Å². The smallest absolute Gasteiger partial charge is 0.850 e. The van der Waals surface area contributed by atoms with E-state index >= 15 is 0 Å². The first-order valence-corrected chi connectivity index (χ1v) is 9.08. The number of hydrogen-bond acceptors (Lipinski definition) is 7. The van der Waals surface area contributed by atoms with Crippen LogP contribution in [-0.4, -0.2) is 40.3 Å². The third-order valence-electron chi connectivity index (χ3n) is 3.33. The Morgan fingerprint density at radius 3 is 1.74 bits per heavy atom. The average Bonchev–Trinajstić information content (AvgIpc) is 2.72. The van der Waals surface area contributed by atoms with E-state index < -0.39 is 5.60 Å². The first-order chi connectivity index (χ1) is 14.1. The molecule has 0 aliphatic rings. The van der Waals surface area contributed by atoms with Crippen molar-refractivity contribution in [3.05, 3.63) is 47.5 Å². The van der Waals surface area contributed by atoms with Gasteiger partial charge in [0.25, 0.3) is 0 Å². The number of benzene rings is 2. The van der Waals surface area contributed by atoms with Crippen molar-refractivity contribution in [3.8, 4) is 29.1 Å². The van der Waals surface area contributed by atoms with Crippen LogP contribution in [0.1, 0.15) is 36.7 Å². The fraction of sp³-hybridized carbons (Fsp3) is 0.391. The summed E-state index contributed by atoms with van der Waals surface area (Å²) in [5.74, 6) is 2.64. The molecule has 0 aromatic heterocycles. The summed E-state index contributed by atoms with van der Waals surface area (Å²) in [5, 5.41) is 18.6. The van der Waals surface area contributed by atoms with E-state index in [2.05, 4.69) is 6.07 Å². The van der Waals surface area contributed by atoms with E-state index in [1.165, 1.54) is 7.11 Å². The third-order valence-corrected chi connectivity index (χ3v) is 3.33. The maximum atomic E-state index is 10.5. The molecule has 2 rings (SSSR count). The maximum Gasteiger partial charge on any atom is 1.00 e. The molecule has 0 N–H and O–H groups in total. The molecule has 0 saturated carbocycles. The summed E-state index contributed by atoms with van der Waals surface area (Å²) in [6.07, 6.45) is 1.10. The van der Waals surface area contributed by atoms with E-state index in [1.807, 2.05) is 12.1 Å². The maximum absolute atomic E-state index is 10.5. The number of aldehydes is 1. The predicted octanol–water partition coefficient (Wildman–Crippen LogP) is 0.435. The van der Waals surface area contributed by atoms with E-state index in [0.717, 1.165) is 17.6 Å². The Bertz CT molecular complexity index is 822. The van der Waals surface area contributed by atoms with Crippen LogP contribution in [-0.2, 0) is 6.42 Å². The largest absolute Gasteiger partial charge is 1.00 e. The van der Waals surface area contributed by atoms with Crippen molar-refractivity contribution in [2.75, 3.05) is 28.4 Å². The van der Waals surface area contributed by atoms with Gasteiger partial charge in [0, 0.05) is 17.7 Å². The molecule has 2 aromatic carbocycles. The van der Waals surface area contributed by atoms with Crippen LogP contribution in [0.15, 0.2) is 36.4 Å². The SMILES string of the molecule is CC(C)(C)[O-].COc1ccc(C=O)c(OC)c1.COc1ccc(CC#N)c(OC)c1.[K+]. The summed E-state index contributed by atoms with van der Waals surface area (Å²) in [6.45, 7) is 4.90. The Morgan fingerprint density at radius 1 is 0.903 bits per heavy atom. The molecule has 8 heteroatoms. The fourth-order valence-corrected chi connectivity index (χ4v) is 2.00. The summed E-state index contributed by atoms with van der Waals surface area (Å²) < 4.78 is 20.1. The number of rotatable bonds is 6. The first kappa shape index (κ1) is 31.6. The Balaban J connectivity index is 0. The van der Waals surface area contributed by atoms with Gasteiger partial charge in [-0.1, -0.05) is 26.8 Å². The predicted molar refractivity (Wildman–Crippen MR) is 114 cm³/mol. The van der Waals surface area contributed by atoms with E-state index in [9.17, 15) is 9.90 Å². The molecule has 0 bridgehead atoms. The molecule has 0 aliphatic carbocycles. The number of nitriles is 1. The fourth-order valence-electron chi connectivity index (χ4n) is 2.00. The zero-order chi connectivity index (χ0) is 23.2. The van der Waals surface area contributed by atoms with Gasteiger partial charge in [-0.25, -0.2) is 0 Å². The number of ether oxygens (including phenoxy) is 4. The van der Waals surface area contributed by atoms with Gasteiger partial charge in [0.2, 0.25) is 0 Å². The van der Waals surface area contributed by atoms with Crippen molar-refractivity contribution in [2.24, 2.45) is 0 Å². The molecule has 0 aliphatic heterocycles. The van der Waals surface area contributed by atoms with E-state index in [4.69, 9.17) is 24.2 Å². The quantitative estimate of drug-likeness (QED) is 0.460. The van der Waals surface area contributed by atoms with Gasteiger partial charge < -0.3 is 24.1 Å². The van der Waals surface area contributed by atoms with Crippen LogP contribution in [0.25, 0.3) is 0 Å². The standard InChI is InChI=1S/C10H11NO2.C9H10O3.C4H9O.K/c1-12-9-4-3-8(5-6-11)10(7-9)13-2;1-11-8-4-3-7(6-10)9(5-8)12-2;1-4(2,3)5;/h3-4,7H,5H2,1-2H3;3-6H,1-2H3;1-3H3;/q;;-1;+1. The van der Waals surface area contributed by atoms with E-state index in [0.29, 0.717) is 29.2 Å². The third kappa shape index (κ3) is 14.1. The molecule has 0 atom stereocenters. The van der Waals surface area contributed by atoms with Crippen LogP contribution in [0.2, 0.25) is 0 Å². The van der Waals surface area contributed by atoms with Crippen molar-refractivity contribution in [2.45, 2.75) is 32.8 Å². The molecule has 0 radical (unpaired) electrons. The monoisotopic (exact) mass is 455 g/mol. The van der Waals surface area contributed by atoms with Gasteiger partial charge in [0.05, 0.1) is 46.5 Å². The van der Waals surface area contributed by atoms with Crippen LogP contribution < -0.4 is 75.4 Å². The molecule has 0 spiro atoms. The molecule has 164 valence electrons. The van der Waals surface area contributed by atoms with Gasteiger partial charge in [-0.3, -0.25) is 4.79 Å². The molecule has 0 heterocycles. The van der Waals surface area contributed by atoms with Gasteiger partial charge in [-0.05, 0) is 18.2 Å². The van der Waals surface area contributed by atoms with Gasteiger partial charge >= 0.3 is 51.4 Å². The van der Waals surface area contributed by atoms with Crippen molar-refractivity contribution in [3.63, 3.8) is 0 Å². The molecule has 0 unspecified atom stereocenters. The van der Waals surface area contributed by atoms with Crippen LogP contribution >= 0.6 is 0 Å². The van der Waals surface area contributed by atoms with Gasteiger partial charge in [0.1, 0.15) is 23.0 Å². The Hall–Kier alpha value is -1.60. The summed E-state index contributed by atoms with van der Waals surface area (Å²) in [6, 6.07) is 12.5. The van der Waals surface area contributed by atoms with Gasteiger partial charge in [-0.15, -0.1) is 5.60 Å². The first-order valence-electron chi connectivity index (χ1n) is 9.08. The number of hydrogen-bond donors (Lipinski definition) is 0. The molecule has 7 nitrogen and oxygen atoms in total. The molecular formula is C23H30KNO6. The minimum absolute atomic E-state index is 0. The Kier molecular flexibility index (Phi) is 17.3. The second kappa shape index (κ2) is 17.0. The molecular weight excluding hydrogens is 425 g/mol. The van der Waals surface area contributed by atoms with Crippen LogP contribution in [0.3, 0.4) is 0 Å². The second-order valence-electron chi connectivity index (χ2n) is 6.85. The average molecular weight is 456 g/mol. The van der Waals surface area contributed by atoms with E-state index in [-0.39, 0.29) is 51.4 Å². The minimum Gasteiger partial charge on any atom is -0.850 e. The number of nitrogens with zero attached hydrogens (tertiary/aromatic N) is 1. The van der Waals surface area contributed by atoms with Crippen molar-refractivity contribution < 1.29 is 80.2 Å². The summed E-state index contributed by atoms with van der Waals surface area (Å²) in [5.41, 5.74) is 0.657. The number of methoxy groups -OCH3 is 4. The Morgan fingerprint density at radius 2 is 1.35 bits per heavy atom. The van der Waals surface area contributed by atoms with Crippen molar-refractivity contribution in [1.82, 2.24) is 0 Å².